The maximum atomic E-state index is 11.7. The first kappa shape index (κ1) is 23.5. The lowest BCUT2D eigenvalue weighted by atomic mass is 9.91. The van der Waals surface area contributed by atoms with Crippen molar-refractivity contribution in [2.75, 3.05) is 12.4 Å². The quantitative estimate of drug-likeness (QED) is 0.262. The first-order valence-electron chi connectivity index (χ1n) is 12.1. The Morgan fingerprint density at radius 1 is 0.944 bits per heavy atom. The Bertz CT molecular complexity index is 1520. The molecular weight excluding hydrogens is 448 g/mol. The summed E-state index contributed by atoms with van der Waals surface area (Å²) in [7, 11) is 1.91. The molecule has 0 radical (unpaired) electrons. The van der Waals surface area contributed by atoms with Gasteiger partial charge >= 0.3 is 0 Å². The van der Waals surface area contributed by atoms with Crippen LogP contribution in [0.3, 0.4) is 0 Å². The molecule has 5 aromatic rings. The number of aromatic nitrogens is 3. The van der Waals surface area contributed by atoms with Gasteiger partial charge in [-0.15, -0.1) is 0 Å². The third kappa shape index (κ3) is 5.08. The number of anilines is 1. The number of fused-ring (bicyclic) bond motifs is 2. The number of benzene rings is 3. The SMILES string of the molecule is CNc1ccc(Cn2c(CC(C)(C)C=O)nc3cc(OCc4ccc5ccccc5n4)ccc32)cc1. The van der Waals surface area contributed by atoms with Crippen LogP contribution < -0.4 is 10.1 Å². The molecule has 6 nitrogen and oxygen atoms in total. The van der Waals surface area contributed by atoms with Crippen LogP contribution in [0, 0.1) is 5.41 Å². The molecule has 0 aliphatic heterocycles. The van der Waals surface area contributed by atoms with E-state index in [9.17, 15) is 4.79 Å². The van der Waals surface area contributed by atoms with Gasteiger partial charge in [-0.1, -0.05) is 50.2 Å². The number of imidazole rings is 1. The molecule has 3 aromatic carbocycles. The summed E-state index contributed by atoms with van der Waals surface area (Å²) >= 11 is 0. The van der Waals surface area contributed by atoms with Crippen LogP contribution in [0.25, 0.3) is 21.9 Å². The molecule has 0 atom stereocenters. The number of nitrogens with zero attached hydrogens (tertiary/aromatic N) is 3. The Morgan fingerprint density at radius 2 is 1.75 bits per heavy atom. The van der Waals surface area contributed by atoms with E-state index in [0.29, 0.717) is 19.6 Å². The van der Waals surface area contributed by atoms with Crippen molar-refractivity contribution in [2.45, 2.75) is 33.4 Å². The van der Waals surface area contributed by atoms with E-state index in [1.54, 1.807) is 0 Å². The van der Waals surface area contributed by atoms with E-state index in [0.717, 1.165) is 51.2 Å². The van der Waals surface area contributed by atoms with Gasteiger partial charge in [0.1, 0.15) is 24.5 Å². The van der Waals surface area contributed by atoms with Crippen LogP contribution in [-0.2, 0) is 24.4 Å². The van der Waals surface area contributed by atoms with Crippen LogP contribution in [0.1, 0.15) is 30.9 Å². The van der Waals surface area contributed by atoms with Gasteiger partial charge in [0.25, 0.3) is 0 Å². The Morgan fingerprint density at radius 3 is 2.53 bits per heavy atom. The highest BCUT2D eigenvalue weighted by atomic mass is 16.5. The molecule has 0 saturated carbocycles. The molecule has 1 N–H and O–H groups in total. The highest BCUT2D eigenvalue weighted by molar-refractivity contribution is 5.79. The third-order valence-electron chi connectivity index (χ3n) is 6.36. The monoisotopic (exact) mass is 478 g/mol. The van der Waals surface area contributed by atoms with E-state index in [1.165, 1.54) is 5.56 Å². The molecule has 0 aliphatic carbocycles. The number of nitrogens with one attached hydrogen (secondary N) is 1. The summed E-state index contributed by atoms with van der Waals surface area (Å²) in [5.41, 5.74) is 5.43. The fraction of sp³-hybridized carbons (Fsp3) is 0.233. The van der Waals surface area contributed by atoms with Crippen LogP contribution in [0.15, 0.2) is 78.9 Å². The number of rotatable bonds is 9. The van der Waals surface area contributed by atoms with E-state index >= 15 is 0 Å². The molecule has 0 bridgehead atoms. The number of hydrogen-bond acceptors (Lipinski definition) is 5. The summed E-state index contributed by atoms with van der Waals surface area (Å²) in [5.74, 6) is 1.62. The first-order chi connectivity index (χ1) is 17.4. The number of carbonyl (C=O) groups is 1. The summed E-state index contributed by atoms with van der Waals surface area (Å²) < 4.78 is 8.29. The molecule has 2 aromatic heterocycles. The minimum atomic E-state index is -0.504. The van der Waals surface area contributed by atoms with Crippen molar-refractivity contribution in [2.24, 2.45) is 5.41 Å². The summed E-state index contributed by atoms with van der Waals surface area (Å²) in [6, 6.07) is 26.5. The summed E-state index contributed by atoms with van der Waals surface area (Å²) in [6.07, 6.45) is 1.56. The largest absolute Gasteiger partial charge is 0.487 e. The normalized spacial score (nSPS) is 11.6. The zero-order valence-electron chi connectivity index (χ0n) is 20.9. The molecule has 0 amide bonds. The maximum Gasteiger partial charge on any atom is 0.130 e. The second kappa shape index (κ2) is 9.82. The summed E-state index contributed by atoms with van der Waals surface area (Å²) in [5, 5.41) is 4.27. The zero-order valence-corrected chi connectivity index (χ0v) is 20.9. The topological polar surface area (TPSA) is 69.0 Å². The van der Waals surface area contributed by atoms with Gasteiger partial charge in [-0.25, -0.2) is 9.97 Å². The number of pyridine rings is 1. The molecule has 36 heavy (non-hydrogen) atoms. The van der Waals surface area contributed by atoms with Crippen molar-refractivity contribution < 1.29 is 9.53 Å². The van der Waals surface area contributed by atoms with E-state index in [4.69, 9.17) is 14.7 Å². The third-order valence-corrected chi connectivity index (χ3v) is 6.36. The molecule has 2 heterocycles. The summed E-state index contributed by atoms with van der Waals surface area (Å²) in [4.78, 5) is 21.3. The van der Waals surface area contributed by atoms with Crippen molar-refractivity contribution >= 4 is 33.9 Å². The predicted molar refractivity (Wildman–Crippen MR) is 144 cm³/mol. The van der Waals surface area contributed by atoms with Crippen molar-refractivity contribution in [1.82, 2.24) is 14.5 Å². The van der Waals surface area contributed by atoms with Crippen LogP contribution in [0.5, 0.6) is 5.75 Å². The number of carbonyl (C=O) groups excluding carboxylic acids is 1. The highest BCUT2D eigenvalue weighted by Crippen LogP contribution is 2.27. The fourth-order valence-electron chi connectivity index (χ4n) is 4.32. The molecule has 0 unspecified atom stereocenters. The van der Waals surface area contributed by atoms with Gasteiger partial charge in [0, 0.05) is 42.6 Å². The van der Waals surface area contributed by atoms with Crippen molar-refractivity contribution in [1.29, 1.82) is 0 Å². The number of aldehydes is 1. The smallest absolute Gasteiger partial charge is 0.130 e. The molecule has 0 fully saturated rings. The van der Waals surface area contributed by atoms with Gasteiger partial charge < -0.3 is 19.4 Å². The lowest BCUT2D eigenvalue weighted by Gasteiger charge is -2.17. The Balaban J connectivity index is 1.43. The van der Waals surface area contributed by atoms with Crippen molar-refractivity contribution in [3.05, 3.63) is 95.9 Å². The molecule has 0 spiro atoms. The second-order valence-electron chi connectivity index (χ2n) is 9.78. The minimum absolute atomic E-state index is 0.375. The molecule has 0 aliphatic rings. The second-order valence-corrected chi connectivity index (χ2v) is 9.78. The highest BCUT2D eigenvalue weighted by Gasteiger charge is 2.22. The zero-order chi connectivity index (χ0) is 25.1. The van der Waals surface area contributed by atoms with Gasteiger partial charge in [-0.05, 0) is 42.0 Å². The predicted octanol–water partition coefficient (Wildman–Crippen LogP) is 6.02. The first-order valence-corrected chi connectivity index (χ1v) is 12.1. The van der Waals surface area contributed by atoms with Gasteiger partial charge in [0.15, 0.2) is 0 Å². The Hall–Kier alpha value is -4.19. The van der Waals surface area contributed by atoms with Crippen molar-refractivity contribution in [3.8, 4) is 5.75 Å². The van der Waals surface area contributed by atoms with Crippen molar-refractivity contribution in [3.63, 3.8) is 0 Å². The average molecular weight is 479 g/mol. The average Bonchev–Trinajstić information content (AvgIpc) is 3.22. The number of hydrogen-bond donors (Lipinski definition) is 1. The number of para-hydroxylation sites is 1. The summed E-state index contributed by atoms with van der Waals surface area (Å²) in [6.45, 7) is 4.93. The van der Waals surface area contributed by atoms with Crippen LogP contribution in [0.4, 0.5) is 5.69 Å². The molecule has 182 valence electrons. The van der Waals surface area contributed by atoms with Crippen LogP contribution in [-0.4, -0.2) is 27.9 Å². The standard InChI is InChI=1S/C30H30N4O2/c1-30(2,20-35)17-29-33-27-16-25(36-19-24-13-10-22-6-4-5-7-26(22)32-24)14-15-28(27)34(29)18-21-8-11-23(31-3)12-9-21/h4-16,20,31H,17-19H2,1-3H3. The van der Waals surface area contributed by atoms with E-state index in [-0.39, 0.29) is 0 Å². The van der Waals surface area contributed by atoms with Gasteiger partial charge in [-0.3, -0.25) is 0 Å². The van der Waals surface area contributed by atoms with Crippen LogP contribution in [0.2, 0.25) is 0 Å². The molecular formula is C30H30N4O2. The lowest BCUT2D eigenvalue weighted by Crippen LogP contribution is -2.20. The Kier molecular flexibility index (Phi) is 6.42. The maximum absolute atomic E-state index is 11.7. The lowest BCUT2D eigenvalue weighted by molar-refractivity contribution is -0.114. The number of ether oxygens (including phenoxy) is 1. The van der Waals surface area contributed by atoms with E-state index in [1.807, 2.05) is 63.4 Å². The van der Waals surface area contributed by atoms with Gasteiger partial charge in [-0.2, -0.15) is 0 Å². The van der Waals surface area contributed by atoms with E-state index < -0.39 is 5.41 Å². The minimum Gasteiger partial charge on any atom is -0.487 e. The fourth-order valence-corrected chi connectivity index (χ4v) is 4.32. The van der Waals surface area contributed by atoms with E-state index in [2.05, 4.69) is 46.3 Å². The molecule has 5 rings (SSSR count). The molecule has 6 heteroatoms. The van der Waals surface area contributed by atoms with Gasteiger partial charge in [0.2, 0.25) is 0 Å². The van der Waals surface area contributed by atoms with Crippen LogP contribution >= 0.6 is 0 Å². The molecule has 0 saturated heterocycles. The Labute approximate surface area is 211 Å². The van der Waals surface area contributed by atoms with Gasteiger partial charge in [0.05, 0.1) is 22.2 Å².